The molecule has 1 saturated heterocycles. The van der Waals surface area contributed by atoms with Gasteiger partial charge in [0.1, 0.15) is 16.5 Å². The topological polar surface area (TPSA) is 113 Å². The number of likely N-dealkylation sites (tertiary alicyclic amines) is 1. The van der Waals surface area contributed by atoms with Crippen LogP contribution in [-0.2, 0) is 9.53 Å². The van der Waals surface area contributed by atoms with Crippen molar-refractivity contribution in [3.8, 4) is 16.3 Å². The Labute approximate surface area is 233 Å². The van der Waals surface area contributed by atoms with Gasteiger partial charge in [-0.05, 0) is 51.0 Å². The van der Waals surface area contributed by atoms with E-state index in [2.05, 4.69) is 20.2 Å². The summed E-state index contributed by atoms with van der Waals surface area (Å²) >= 11 is 1.54. The summed E-state index contributed by atoms with van der Waals surface area (Å²) < 4.78 is 45.0. The van der Waals surface area contributed by atoms with E-state index in [1.807, 2.05) is 35.7 Å². The van der Waals surface area contributed by atoms with Gasteiger partial charge in [0.2, 0.25) is 0 Å². The maximum absolute atomic E-state index is 12.2. The molecule has 1 aromatic heterocycles. The number of piperidine rings is 1. The van der Waals surface area contributed by atoms with Gasteiger partial charge in [0.05, 0.1) is 18.2 Å². The molecule has 1 fully saturated rings. The number of anilines is 1. The van der Waals surface area contributed by atoms with Crippen molar-refractivity contribution in [1.29, 1.82) is 0 Å². The Bertz CT molecular complexity index is 1280. The van der Waals surface area contributed by atoms with Gasteiger partial charge in [-0.3, -0.25) is 4.79 Å². The number of urea groups is 1. The highest BCUT2D eigenvalue weighted by molar-refractivity contribution is 7.13. The van der Waals surface area contributed by atoms with Crippen LogP contribution < -0.4 is 10.1 Å². The van der Waals surface area contributed by atoms with Crippen molar-refractivity contribution >= 4 is 34.7 Å². The molecule has 1 aliphatic rings. The van der Waals surface area contributed by atoms with E-state index < -0.39 is 6.36 Å². The number of rotatable bonds is 6. The minimum Gasteiger partial charge on any atom is -0.466 e. The van der Waals surface area contributed by atoms with Crippen molar-refractivity contribution in [2.75, 3.05) is 25.0 Å². The second kappa shape index (κ2) is 14.3. The number of aromatic nitrogens is 1. The third-order valence-electron chi connectivity index (χ3n) is 5.79. The number of hydrogen-bond acceptors (Lipinski definition) is 8. The Morgan fingerprint density at radius 2 is 1.77 bits per heavy atom. The molecule has 214 valence electrons. The summed E-state index contributed by atoms with van der Waals surface area (Å²) in [4.78, 5) is 29.8. The number of hydrogen-bond donors (Lipinski definition) is 2. The average molecular weight is 579 g/mol. The van der Waals surface area contributed by atoms with Crippen LogP contribution in [0.2, 0.25) is 0 Å². The van der Waals surface area contributed by atoms with Gasteiger partial charge in [-0.2, -0.15) is 0 Å². The molecule has 2 amide bonds. The smallest absolute Gasteiger partial charge is 0.466 e. The molecule has 0 spiro atoms. The van der Waals surface area contributed by atoms with E-state index in [-0.39, 0.29) is 23.7 Å². The third-order valence-corrected chi connectivity index (χ3v) is 6.68. The predicted octanol–water partition coefficient (Wildman–Crippen LogP) is 6.40. The molecule has 2 heterocycles. The minimum absolute atomic E-state index is 0.206. The zero-order valence-electron chi connectivity index (χ0n) is 21.9. The van der Waals surface area contributed by atoms with Crippen LogP contribution in [0.4, 0.5) is 23.7 Å². The van der Waals surface area contributed by atoms with Crippen LogP contribution in [0.3, 0.4) is 0 Å². The number of thiazole rings is 1. The first kappa shape index (κ1) is 30.4. The van der Waals surface area contributed by atoms with E-state index in [4.69, 9.17) is 9.94 Å². The van der Waals surface area contributed by atoms with Crippen molar-refractivity contribution in [3.63, 3.8) is 0 Å². The van der Waals surface area contributed by atoms with Crippen LogP contribution in [0.15, 0.2) is 65.1 Å². The van der Waals surface area contributed by atoms with Crippen molar-refractivity contribution in [1.82, 2.24) is 9.88 Å². The molecular formula is C27H29F3N4O5S. The second-order valence-electron chi connectivity index (χ2n) is 8.61. The van der Waals surface area contributed by atoms with Crippen LogP contribution in [0.1, 0.15) is 32.4 Å². The summed E-state index contributed by atoms with van der Waals surface area (Å²) in [6, 6.07) is 14.5. The van der Waals surface area contributed by atoms with Crippen LogP contribution >= 0.6 is 11.3 Å². The fourth-order valence-corrected chi connectivity index (χ4v) is 4.60. The first-order valence-corrected chi connectivity index (χ1v) is 13.3. The molecule has 0 atom stereocenters. The largest absolute Gasteiger partial charge is 0.573 e. The van der Waals surface area contributed by atoms with Gasteiger partial charge in [-0.1, -0.05) is 35.5 Å². The van der Waals surface area contributed by atoms with Crippen molar-refractivity contribution in [2.24, 2.45) is 11.1 Å². The Morgan fingerprint density at radius 3 is 2.35 bits per heavy atom. The summed E-state index contributed by atoms with van der Waals surface area (Å²) in [6.45, 7) is 4.61. The fraction of sp³-hybridized carbons (Fsp3) is 0.333. The normalized spacial score (nSPS) is 14.1. The number of benzene rings is 2. The lowest BCUT2D eigenvalue weighted by Gasteiger charge is -2.30. The quantitative estimate of drug-likeness (QED) is 0.151. The first-order valence-electron chi connectivity index (χ1n) is 12.4. The lowest BCUT2D eigenvalue weighted by atomic mass is 9.97. The van der Waals surface area contributed by atoms with Crippen LogP contribution in [-0.4, -0.2) is 58.9 Å². The zero-order valence-corrected chi connectivity index (χ0v) is 22.7. The average Bonchev–Trinajstić information content (AvgIpc) is 3.44. The number of alkyl halides is 3. The van der Waals surface area contributed by atoms with Gasteiger partial charge in [-0.15, -0.1) is 24.5 Å². The van der Waals surface area contributed by atoms with Crippen LogP contribution in [0.25, 0.3) is 10.6 Å². The molecule has 0 unspecified atom stereocenters. The fourth-order valence-electron chi connectivity index (χ4n) is 3.73. The summed E-state index contributed by atoms with van der Waals surface area (Å²) in [5.74, 6) is -0.814. The summed E-state index contributed by atoms with van der Waals surface area (Å²) in [5.41, 5.74) is 2.70. The lowest BCUT2D eigenvalue weighted by Crippen LogP contribution is -2.42. The van der Waals surface area contributed by atoms with Gasteiger partial charge in [-0.25, -0.2) is 9.78 Å². The molecule has 40 heavy (non-hydrogen) atoms. The predicted molar refractivity (Wildman–Crippen MR) is 145 cm³/mol. The number of nitrogens with one attached hydrogen (secondary N) is 1. The molecule has 2 aromatic carbocycles. The van der Waals surface area contributed by atoms with E-state index in [1.165, 1.54) is 12.1 Å². The van der Waals surface area contributed by atoms with Gasteiger partial charge < -0.3 is 24.9 Å². The Morgan fingerprint density at radius 1 is 1.12 bits per heavy atom. The van der Waals surface area contributed by atoms with E-state index in [1.54, 1.807) is 30.1 Å². The monoisotopic (exact) mass is 578 g/mol. The molecule has 13 heteroatoms. The molecule has 1 aliphatic heterocycles. The van der Waals surface area contributed by atoms with Crippen LogP contribution in [0, 0.1) is 5.92 Å². The summed E-state index contributed by atoms with van der Waals surface area (Å²) in [5, 5.41) is 17.2. The molecule has 4 rings (SSSR count). The van der Waals surface area contributed by atoms with E-state index >= 15 is 0 Å². The third kappa shape index (κ3) is 9.26. The van der Waals surface area contributed by atoms with Crippen molar-refractivity contribution in [2.45, 2.75) is 33.1 Å². The molecule has 0 aliphatic carbocycles. The molecular weight excluding hydrogens is 549 g/mol. The summed E-state index contributed by atoms with van der Waals surface area (Å²) in [6.07, 6.45) is -3.72. The number of carbonyl (C=O) groups excluding carboxylic acids is 2. The Balaban J connectivity index is 0.000000249. The lowest BCUT2D eigenvalue weighted by molar-refractivity contribution is -0.274. The van der Waals surface area contributed by atoms with E-state index in [9.17, 15) is 22.8 Å². The van der Waals surface area contributed by atoms with Crippen LogP contribution in [0.5, 0.6) is 5.75 Å². The van der Waals surface area contributed by atoms with Gasteiger partial charge in [0, 0.05) is 29.7 Å². The highest BCUT2D eigenvalue weighted by Crippen LogP contribution is 2.25. The minimum atomic E-state index is -4.76. The number of ether oxygens (including phenoxy) is 2. The number of carbonyl (C=O) groups is 2. The molecule has 0 bridgehead atoms. The Hall–Kier alpha value is -4.13. The van der Waals surface area contributed by atoms with Crippen molar-refractivity contribution in [3.05, 3.63) is 65.7 Å². The SMILES string of the molecule is CC(=NO)c1csc(-c2ccccc2)n1.CCOC(=O)C1CCN(C(=O)Nc2ccc(OC(F)(F)F)cc2)CC1. The maximum atomic E-state index is 12.2. The molecule has 0 radical (unpaired) electrons. The number of amides is 2. The highest BCUT2D eigenvalue weighted by atomic mass is 32.1. The number of esters is 1. The Kier molecular flexibility index (Phi) is 10.9. The van der Waals surface area contributed by atoms with Crippen molar-refractivity contribution < 1.29 is 37.4 Å². The molecule has 0 saturated carbocycles. The molecule has 9 nitrogen and oxygen atoms in total. The standard InChI is InChI=1S/C16H19F3N2O4.C11H10N2OS/c1-2-24-14(22)11-7-9-21(10-8-11)15(23)20-12-3-5-13(6-4-12)25-16(17,18)19;1-8(13-14)10-7-15-11(12-10)9-5-3-2-4-6-9/h3-6,11H,2,7-10H2,1H3,(H,20,23);2-7,14H,1H3. The van der Waals surface area contributed by atoms with E-state index in [0.29, 0.717) is 43.9 Å². The van der Waals surface area contributed by atoms with Gasteiger partial charge in [0.25, 0.3) is 0 Å². The second-order valence-corrected chi connectivity index (χ2v) is 9.46. The number of nitrogens with zero attached hydrogens (tertiary/aromatic N) is 3. The number of halogens is 3. The zero-order chi connectivity index (χ0) is 29.1. The molecule has 3 aromatic rings. The van der Waals surface area contributed by atoms with E-state index in [0.717, 1.165) is 28.4 Å². The summed E-state index contributed by atoms with van der Waals surface area (Å²) in [7, 11) is 0. The first-order chi connectivity index (χ1) is 19.1. The maximum Gasteiger partial charge on any atom is 0.573 e. The van der Waals surface area contributed by atoms with Gasteiger partial charge in [0.15, 0.2) is 0 Å². The highest BCUT2D eigenvalue weighted by Gasteiger charge is 2.31. The van der Waals surface area contributed by atoms with Gasteiger partial charge >= 0.3 is 18.4 Å². The molecule has 2 N–H and O–H groups in total. The number of oxime groups is 1.